The highest BCUT2D eigenvalue weighted by atomic mass is 16.7. The molecule has 6 heteroatoms. The summed E-state index contributed by atoms with van der Waals surface area (Å²) in [7, 11) is 1.62. The number of aliphatic hydroxyl groups is 1. The van der Waals surface area contributed by atoms with Gasteiger partial charge in [-0.25, -0.2) is 0 Å². The van der Waals surface area contributed by atoms with E-state index in [2.05, 4.69) is 5.92 Å². The second-order valence-corrected chi connectivity index (χ2v) is 6.30. The number of aryl methyl sites for hydroxylation is 2. The van der Waals surface area contributed by atoms with Crippen LogP contribution in [0.5, 0.6) is 0 Å². The summed E-state index contributed by atoms with van der Waals surface area (Å²) in [6, 6.07) is 3.79. The van der Waals surface area contributed by atoms with Crippen LogP contribution in [0.3, 0.4) is 0 Å². The Morgan fingerprint density at radius 3 is 2.42 bits per heavy atom. The molecule has 6 nitrogen and oxygen atoms in total. The largest absolute Gasteiger partial charge is 0.375 e. The van der Waals surface area contributed by atoms with Gasteiger partial charge >= 0.3 is 0 Å². The van der Waals surface area contributed by atoms with Gasteiger partial charge in [-0.3, -0.25) is 9.80 Å². The van der Waals surface area contributed by atoms with Crippen LogP contribution in [0.1, 0.15) is 28.2 Å². The molecule has 1 aromatic rings. The van der Waals surface area contributed by atoms with Gasteiger partial charge < -0.3 is 9.94 Å². The lowest BCUT2D eigenvalue weighted by molar-refractivity contribution is -0.141. The number of rotatable bonds is 2. The number of amides is 1. The Kier molecular flexibility index (Phi) is 4.61. The van der Waals surface area contributed by atoms with E-state index >= 15 is 0 Å². The van der Waals surface area contributed by atoms with E-state index in [1.165, 1.54) is 0 Å². The smallest absolute Gasteiger partial charge is 0.248 e. The fraction of sp³-hybridized carbons (Fsp3) is 0.500. The van der Waals surface area contributed by atoms with E-state index in [1.54, 1.807) is 22.2 Å². The van der Waals surface area contributed by atoms with Crippen molar-refractivity contribution in [1.82, 2.24) is 15.1 Å². The zero-order valence-corrected chi connectivity index (χ0v) is 14.3. The standard InChI is InChI=1S/C18H23N3O3/c1-5-14-10-12(2)15(13(3)11-14)16-17(22)20-8-6-19(24-4)7-9-21(20)18(16)23/h1,10-11,16-17,22H,6-9H2,2-4H3. The average Bonchev–Trinajstić information content (AvgIpc) is 2.72. The van der Waals surface area contributed by atoms with Crippen molar-refractivity contribution in [2.75, 3.05) is 33.3 Å². The summed E-state index contributed by atoms with van der Waals surface area (Å²) in [5.41, 5.74) is 3.55. The molecule has 1 amide bonds. The molecule has 1 N–H and O–H groups in total. The number of hydrogen-bond acceptors (Lipinski definition) is 5. The molecule has 0 aliphatic carbocycles. The molecule has 2 heterocycles. The number of aliphatic hydroxyl groups excluding tert-OH is 1. The predicted molar refractivity (Wildman–Crippen MR) is 89.6 cm³/mol. The van der Waals surface area contributed by atoms with Gasteiger partial charge in [-0.1, -0.05) is 5.92 Å². The van der Waals surface area contributed by atoms with Crippen LogP contribution in [0.4, 0.5) is 0 Å². The minimum atomic E-state index is -0.872. The van der Waals surface area contributed by atoms with E-state index < -0.39 is 12.1 Å². The molecule has 2 saturated heterocycles. The Morgan fingerprint density at radius 1 is 1.21 bits per heavy atom. The maximum absolute atomic E-state index is 13.0. The molecular formula is C18H23N3O3. The number of fused-ring (bicyclic) bond motifs is 1. The van der Waals surface area contributed by atoms with Crippen LogP contribution >= 0.6 is 0 Å². The quantitative estimate of drug-likeness (QED) is 0.807. The highest BCUT2D eigenvalue weighted by Crippen LogP contribution is 2.36. The molecule has 0 saturated carbocycles. The van der Waals surface area contributed by atoms with Gasteiger partial charge in [-0.05, 0) is 42.7 Å². The summed E-state index contributed by atoms with van der Waals surface area (Å²) in [5.74, 6) is 1.98. The molecule has 0 radical (unpaired) electrons. The predicted octanol–water partition coefficient (Wildman–Crippen LogP) is 0.623. The molecule has 2 aliphatic heterocycles. The Balaban J connectivity index is 1.95. The topological polar surface area (TPSA) is 56.2 Å². The number of benzene rings is 1. The van der Waals surface area contributed by atoms with Crippen molar-refractivity contribution < 1.29 is 14.7 Å². The van der Waals surface area contributed by atoms with E-state index in [-0.39, 0.29) is 5.91 Å². The van der Waals surface area contributed by atoms with Crippen LogP contribution in [-0.4, -0.2) is 65.6 Å². The lowest BCUT2D eigenvalue weighted by Crippen LogP contribution is -2.43. The molecule has 1 aromatic carbocycles. The van der Waals surface area contributed by atoms with Crippen molar-refractivity contribution in [2.24, 2.45) is 0 Å². The van der Waals surface area contributed by atoms with Crippen molar-refractivity contribution in [1.29, 1.82) is 0 Å². The molecule has 128 valence electrons. The van der Waals surface area contributed by atoms with Crippen LogP contribution < -0.4 is 0 Å². The van der Waals surface area contributed by atoms with Gasteiger partial charge in [0.25, 0.3) is 0 Å². The first-order valence-electron chi connectivity index (χ1n) is 8.10. The first-order chi connectivity index (χ1) is 11.5. The molecule has 3 rings (SSSR count). The van der Waals surface area contributed by atoms with E-state index in [0.29, 0.717) is 26.2 Å². The second kappa shape index (κ2) is 6.54. The fourth-order valence-corrected chi connectivity index (χ4v) is 3.76. The Bertz CT molecular complexity index is 674. The Labute approximate surface area is 142 Å². The number of hydroxylamine groups is 2. The Morgan fingerprint density at radius 2 is 1.83 bits per heavy atom. The van der Waals surface area contributed by atoms with Gasteiger partial charge in [-0.2, -0.15) is 10.1 Å². The molecule has 2 aliphatic rings. The van der Waals surface area contributed by atoms with Gasteiger partial charge in [0.2, 0.25) is 5.91 Å². The number of nitrogens with zero attached hydrogens (tertiary/aromatic N) is 3. The maximum atomic E-state index is 13.0. The van der Waals surface area contributed by atoms with Crippen LogP contribution in [0.2, 0.25) is 0 Å². The first-order valence-corrected chi connectivity index (χ1v) is 8.10. The third-order valence-corrected chi connectivity index (χ3v) is 4.90. The number of hydrogen-bond donors (Lipinski definition) is 1. The normalized spacial score (nSPS) is 25.5. The van der Waals surface area contributed by atoms with Gasteiger partial charge in [0.1, 0.15) is 12.1 Å². The molecular weight excluding hydrogens is 306 g/mol. The van der Waals surface area contributed by atoms with Crippen LogP contribution in [0.25, 0.3) is 0 Å². The van der Waals surface area contributed by atoms with E-state index in [1.807, 2.05) is 26.0 Å². The lowest BCUT2D eigenvalue weighted by atomic mass is 9.88. The number of terminal acetylenes is 1. The molecule has 0 bridgehead atoms. The van der Waals surface area contributed by atoms with Gasteiger partial charge in [0, 0.05) is 25.2 Å². The number of carbonyl (C=O) groups is 1. The van der Waals surface area contributed by atoms with Gasteiger partial charge in [0.15, 0.2) is 0 Å². The SMILES string of the molecule is C#Cc1cc(C)c(C2C(=O)N3CCN(OC)CCN3C2O)c(C)c1. The first kappa shape index (κ1) is 16.9. The van der Waals surface area contributed by atoms with Crippen molar-refractivity contribution >= 4 is 5.91 Å². The van der Waals surface area contributed by atoms with Crippen molar-refractivity contribution in [3.63, 3.8) is 0 Å². The van der Waals surface area contributed by atoms with Crippen molar-refractivity contribution in [2.45, 2.75) is 26.0 Å². The fourth-order valence-electron chi connectivity index (χ4n) is 3.76. The zero-order valence-electron chi connectivity index (χ0n) is 14.3. The number of carbonyl (C=O) groups excluding carboxylic acids is 1. The van der Waals surface area contributed by atoms with E-state index in [0.717, 1.165) is 22.3 Å². The van der Waals surface area contributed by atoms with E-state index in [4.69, 9.17) is 11.3 Å². The molecule has 2 atom stereocenters. The molecule has 2 fully saturated rings. The molecule has 2 unspecified atom stereocenters. The summed E-state index contributed by atoms with van der Waals surface area (Å²) < 4.78 is 0. The highest BCUT2D eigenvalue weighted by molar-refractivity contribution is 5.87. The third-order valence-electron chi connectivity index (χ3n) is 4.90. The van der Waals surface area contributed by atoms with Crippen molar-refractivity contribution in [3.8, 4) is 12.3 Å². The van der Waals surface area contributed by atoms with Gasteiger partial charge in [-0.15, -0.1) is 6.42 Å². The average molecular weight is 329 g/mol. The summed E-state index contributed by atoms with van der Waals surface area (Å²) in [6.45, 7) is 6.17. The summed E-state index contributed by atoms with van der Waals surface area (Å²) in [5, 5.41) is 16.0. The van der Waals surface area contributed by atoms with Crippen LogP contribution in [-0.2, 0) is 9.63 Å². The molecule has 0 spiro atoms. The highest BCUT2D eigenvalue weighted by Gasteiger charge is 2.48. The Hall–Kier alpha value is -1.91. The summed E-state index contributed by atoms with van der Waals surface area (Å²) in [4.78, 5) is 18.2. The molecule has 24 heavy (non-hydrogen) atoms. The maximum Gasteiger partial charge on any atom is 0.248 e. The number of hydrazine groups is 1. The lowest BCUT2D eigenvalue weighted by Gasteiger charge is -2.26. The summed E-state index contributed by atoms with van der Waals surface area (Å²) in [6.07, 6.45) is 4.61. The van der Waals surface area contributed by atoms with Crippen molar-refractivity contribution in [3.05, 3.63) is 34.4 Å². The summed E-state index contributed by atoms with van der Waals surface area (Å²) >= 11 is 0. The third kappa shape index (κ3) is 2.70. The minimum absolute atomic E-state index is 0.0693. The van der Waals surface area contributed by atoms with Gasteiger partial charge in [0.05, 0.1) is 13.7 Å². The zero-order chi connectivity index (χ0) is 17.4. The monoisotopic (exact) mass is 329 g/mol. The minimum Gasteiger partial charge on any atom is -0.375 e. The molecule has 0 aromatic heterocycles. The second-order valence-electron chi connectivity index (χ2n) is 6.30. The van der Waals surface area contributed by atoms with E-state index in [9.17, 15) is 9.90 Å². The van der Waals surface area contributed by atoms with Crippen LogP contribution in [0, 0.1) is 26.2 Å². The van der Waals surface area contributed by atoms with Crippen LogP contribution in [0.15, 0.2) is 12.1 Å².